The molecule has 1 aromatic rings. The zero-order valence-electron chi connectivity index (χ0n) is 10.2. The van der Waals surface area contributed by atoms with Crippen LogP contribution in [0.25, 0.3) is 0 Å². The molecule has 0 amide bonds. The van der Waals surface area contributed by atoms with Gasteiger partial charge in [-0.05, 0) is 18.1 Å². The lowest BCUT2D eigenvalue weighted by atomic mass is 9.96. The molecule has 0 unspecified atom stereocenters. The molecule has 0 aliphatic carbocycles. The predicted octanol–water partition coefficient (Wildman–Crippen LogP) is 1.71. The molecule has 4 nitrogen and oxygen atoms in total. The van der Waals surface area contributed by atoms with Crippen LogP contribution in [0.1, 0.15) is 31.1 Å². The van der Waals surface area contributed by atoms with Crippen molar-refractivity contribution in [3.63, 3.8) is 0 Å². The molecule has 1 heterocycles. The van der Waals surface area contributed by atoms with Gasteiger partial charge in [-0.1, -0.05) is 19.9 Å². The van der Waals surface area contributed by atoms with E-state index in [0.717, 1.165) is 17.7 Å². The monoisotopic (exact) mass is 237 g/mol. The first-order chi connectivity index (χ1) is 8.09. The summed E-state index contributed by atoms with van der Waals surface area (Å²) >= 11 is 0. The predicted molar refractivity (Wildman–Crippen MR) is 65.3 cm³/mol. The van der Waals surface area contributed by atoms with Crippen molar-refractivity contribution in [1.82, 2.24) is 5.32 Å². The number of phenols is 2. The van der Waals surface area contributed by atoms with E-state index >= 15 is 0 Å². The molecule has 3 N–H and O–H groups in total. The SMILES string of the molecule is CC(C)NC[C@@H]1OCCc2c1ccc(O)c2O. The third-order valence-electron chi connectivity index (χ3n) is 3.03. The first-order valence-electron chi connectivity index (χ1n) is 5.98. The van der Waals surface area contributed by atoms with Crippen LogP contribution in [-0.2, 0) is 11.2 Å². The van der Waals surface area contributed by atoms with E-state index in [1.807, 2.05) is 6.07 Å². The highest BCUT2D eigenvalue weighted by molar-refractivity contribution is 5.50. The van der Waals surface area contributed by atoms with E-state index in [9.17, 15) is 10.2 Å². The van der Waals surface area contributed by atoms with Crippen molar-refractivity contribution in [2.45, 2.75) is 32.4 Å². The first-order valence-corrected chi connectivity index (χ1v) is 5.98. The van der Waals surface area contributed by atoms with Crippen molar-refractivity contribution in [2.24, 2.45) is 0 Å². The maximum absolute atomic E-state index is 9.81. The molecule has 2 rings (SSSR count). The zero-order valence-corrected chi connectivity index (χ0v) is 10.2. The highest BCUT2D eigenvalue weighted by Crippen LogP contribution is 2.37. The number of hydrogen-bond donors (Lipinski definition) is 3. The maximum atomic E-state index is 9.81. The van der Waals surface area contributed by atoms with Crippen LogP contribution in [0.15, 0.2) is 12.1 Å². The van der Waals surface area contributed by atoms with E-state index in [4.69, 9.17) is 4.74 Å². The zero-order chi connectivity index (χ0) is 12.4. The fourth-order valence-corrected chi connectivity index (χ4v) is 2.11. The van der Waals surface area contributed by atoms with Gasteiger partial charge in [-0.15, -0.1) is 0 Å². The van der Waals surface area contributed by atoms with Crippen LogP contribution in [0, 0.1) is 0 Å². The molecule has 94 valence electrons. The topological polar surface area (TPSA) is 61.7 Å². The summed E-state index contributed by atoms with van der Waals surface area (Å²) in [5.41, 5.74) is 1.78. The number of phenolic OH excluding ortho intramolecular Hbond substituents is 2. The number of benzene rings is 1. The van der Waals surface area contributed by atoms with E-state index in [0.29, 0.717) is 19.1 Å². The van der Waals surface area contributed by atoms with Crippen molar-refractivity contribution >= 4 is 0 Å². The van der Waals surface area contributed by atoms with Crippen molar-refractivity contribution in [3.05, 3.63) is 23.3 Å². The Balaban J connectivity index is 2.23. The minimum absolute atomic E-state index is 0.000321. The second kappa shape index (κ2) is 4.94. The fourth-order valence-electron chi connectivity index (χ4n) is 2.11. The highest BCUT2D eigenvalue weighted by atomic mass is 16.5. The molecule has 1 atom stereocenters. The molecule has 1 aliphatic heterocycles. The molecule has 1 aromatic carbocycles. The largest absolute Gasteiger partial charge is 0.504 e. The van der Waals surface area contributed by atoms with Crippen molar-refractivity contribution in [1.29, 1.82) is 0 Å². The molecular formula is C13H19NO3. The van der Waals surface area contributed by atoms with Gasteiger partial charge in [-0.25, -0.2) is 0 Å². The number of aromatic hydroxyl groups is 2. The molecular weight excluding hydrogens is 218 g/mol. The van der Waals surface area contributed by atoms with E-state index in [1.165, 1.54) is 6.07 Å². The van der Waals surface area contributed by atoms with Crippen LogP contribution >= 0.6 is 0 Å². The van der Waals surface area contributed by atoms with Gasteiger partial charge >= 0.3 is 0 Å². The van der Waals surface area contributed by atoms with E-state index < -0.39 is 0 Å². The average molecular weight is 237 g/mol. The van der Waals surface area contributed by atoms with E-state index in [2.05, 4.69) is 19.2 Å². The van der Waals surface area contributed by atoms with E-state index in [1.54, 1.807) is 0 Å². The smallest absolute Gasteiger partial charge is 0.161 e. The van der Waals surface area contributed by atoms with Gasteiger partial charge in [0.05, 0.1) is 12.7 Å². The Hall–Kier alpha value is -1.26. The minimum Gasteiger partial charge on any atom is -0.504 e. The second-order valence-corrected chi connectivity index (χ2v) is 4.67. The summed E-state index contributed by atoms with van der Waals surface area (Å²) < 4.78 is 5.69. The number of ether oxygens (including phenoxy) is 1. The molecule has 0 fully saturated rings. The van der Waals surface area contributed by atoms with Gasteiger partial charge in [-0.2, -0.15) is 0 Å². The van der Waals surface area contributed by atoms with Gasteiger partial charge in [0, 0.05) is 18.2 Å². The highest BCUT2D eigenvalue weighted by Gasteiger charge is 2.24. The fraction of sp³-hybridized carbons (Fsp3) is 0.538. The van der Waals surface area contributed by atoms with Gasteiger partial charge in [0.1, 0.15) is 0 Å². The molecule has 0 radical (unpaired) electrons. The lowest BCUT2D eigenvalue weighted by Gasteiger charge is -2.27. The Kier molecular flexibility index (Phi) is 3.54. The Bertz CT molecular complexity index is 404. The Morgan fingerprint density at radius 3 is 2.88 bits per heavy atom. The average Bonchev–Trinajstić information content (AvgIpc) is 2.31. The minimum atomic E-state index is -0.0544. The number of fused-ring (bicyclic) bond motifs is 1. The summed E-state index contributed by atoms with van der Waals surface area (Å²) in [6, 6.07) is 3.75. The van der Waals surface area contributed by atoms with Crippen LogP contribution < -0.4 is 5.32 Å². The molecule has 0 spiro atoms. The summed E-state index contributed by atoms with van der Waals surface area (Å²) in [6.07, 6.45) is 0.598. The summed E-state index contributed by atoms with van der Waals surface area (Å²) in [5.74, 6) is -0.0541. The number of hydrogen-bond acceptors (Lipinski definition) is 4. The van der Waals surface area contributed by atoms with Gasteiger partial charge < -0.3 is 20.3 Å². The molecule has 4 heteroatoms. The molecule has 17 heavy (non-hydrogen) atoms. The standard InChI is InChI=1S/C13H19NO3/c1-8(2)14-7-12-9-3-4-11(15)13(16)10(9)5-6-17-12/h3-4,8,12,14-16H,5-7H2,1-2H3/t12-/m0/s1. The second-order valence-electron chi connectivity index (χ2n) is 4.67. The van der Waals surface area contributed by atoms with Gasteiger partial charge in [0.2, 0.25) is 0 Å². The molecule has 0 aromatic heterocycles. The molecule has 0 saturated heterocycles. The van der Waals surface area contributed by atoms with Gasteiger partial charge in [-0.3, -0.25) is 0 Å². The van der Waals surface area contributed by atoms with Crippen LogP contribution in [0.3, 0.4) is 0 Å². The molecule has 0 saturated carbocycles. The molecule has 1 aliphatic rings. The number of rotatable bonds is 3. The normalized spacial score (nSPS) is 19.4. The summed E-state index contributed by atoms with van der Waals surface area (Å²) in [7, 11) is 0. The van der Waals surface area contributed by atoms with Gasteiger partial charge in [0.25, 0.3) is 0 Å². The van der Waals surface area contributed by atoms with Crippen LogP contribution in [0.5, 0.6) is 11.5 Å². The molecule has 0 bridgehead atoms. The van der Waals surface area contributed by atoms with Crippen LogP contribution in [-0.4, -0.2) is 29.4 Å². The van der Waals surface area contributed by atoms with Gasteiger partial charge in [0.15, 0.2) is 11.5 Å². The van der Waals surface area contributed by atoms with Crippen LogP contribution in [0.4, 0.5) is 0 Å². The third-order valence-corrected chi connectivity index (χ3v) is 3.03. The van der Waals surface area contributed by atoms with Crippen molar-refractivity contribution in [3.8, 4) is 11.5 Å². The number of nitrogens with one attached hydrogen (secondary N) is 1. The Morgan fingerprint density at radius 1 is 1.41 bits per heavy atom. The summed E-state index contributed by atoms with van der Waals surface area (Å²) in [4.78, 5) is 0. The van der Waals surface area contributed by atoms with Crippen LogP contribution in [0.2, 0.25) is 0 Å². The first kappa shape index (κ1) is 12.2. The summed E-state index contributed by atoms with van der Waals surface area (Å²) in [5, 5.41) is 22.6. The van der Waals surface area contributed by atoms with Crippen molar-refractivity contribution < 1.29 is 14.9 Å². The lowest BCUT2D eigenvalue weighted by molar-refractivity contribution is 0.0405. The third kappa shape index (κ3) is 2.53. The van der Waals surface area contributed by atoms with E-state index in [-0.39, 0.29) is 17.6 Å². The maximum Gasteiger partial charge on any atom is 0.161 e. The Labute approximate surface area is 101 Å². The Morgan fingerprint density at radius 2 is 2.18 bits per heavy atom. The lowest BCUT2D eigenvalue weighted by Crippen LogP contribution is -2.31. The quantitative estimate of drug-likeness (QED) is 0.700. The summed E-state index contributed by atoms with van der Waals surface area (Å²) in [6.45, 7) is 5.46. The van der Waals surface area contributed by atoms with Crippen molar-refractivity contribution in [2.75, 3.05) is 13.2 Å².